The van der Waals surface area contributed by atoms with Crippen molar-refractivity contribution in [2.75, 3.05) is 32.9 Å². The van der Waals surface area contributed by atoms with Gasteiger partial charge in [0.25, 0.3) is 5.91 Å². The molecule has 20 heavy (non-hydrogen) atoms. The van der Waals surface area contributed by atoms with Crippen molar-refractivity contribution in [2.24, 2.45) is 0 Å². The summed E-state index contributed by atoms with van der Waals surface area (Å²) in [6, 6.07) is 5.67. The molecule has 0 spiro atoms. The smallest absolute Gasteiger partial charge is 0.255 e. The number of carbonyl (C=O) groups excluding carboxylic acids is 1. The van der Waals surface area contributed by atoms with E-state index in [1.54, 1.807) is 4.90 Å². The molecule has 106 valence electrons. The van der Waals surface area contributed by atoms with Gasteiger partial charge in [-0.2, -0.15) is 0 Å². The van der Waals surface area contributed by atoms with Gasteiger partial charge in [0.15, 0.2) is 0 Å². The third-order valence-electron chi connectivity index (χ3n) is 3.16. The van der Waals surface area contributed by atoms with Crippen molar-refractivity contribution in [1.82, 2.24) is 4.90 Å². The summed E-state index contributed by atoms with van der Waals surface area (Å²) in [6.45, 7) is 4.42. The van der Waals surface area contributed by atoms with Crippen molar-refractivity contribution < 1.29 is 14.6 Å². The summed E-state index contributed by atoms with van der Waals surface area (Å²) in [7, 11) is 0. The summed E-state index contributed by atoms with van der Waals surface area (Å²) in [5.74, 6) is 5.87. The lowest BCUT2D eigenvalue weighted by atomic mass is 10.0. The summed E-state index contributed by atoms with van der Waals surface area (Å²) in [5.41, 5.74) is 2.43. The van der Waals surface area contributed by atoms with E-state index >= 15 is 0 Å². The van der Waals surface area contributed by atoms with Gasteiger partial charge in [-0.1, -0.05) is 17.9 Å². The number of ether oxygens (including phenoxy) is 1. The normalized spacial score (nSPS) is 14.6. The standard InChI is InChI=1S/C16H19NO3/c1-13-5-6-15(14(12-13)4-2-3-9-18)16(19)17-7-10-20-11-8-17/h5-6,12,18H,3,7-11H2,1H3. The number of morpholine rings is 1. The second kappa shape index (κ2) is 7.09. The number of rotatable bonds is 2. The van der Waals surface area contributed by atoms with Gasteiger partial charge in [0.1, 0.15) is 0 Å². The summed E-state index contributed by atoms with van der Waals surface area (Å²) in [6.07, 6.45) is 0.416. The highest BCUT2D eigenvalue weighted by Crippen LogP contribution is 2.14. The Hall–Kier alpha value is -1.83. The lowest BCUT2D eigenvalue weighted by Gasteiger charge is -2.27. The van der Waals surface area contributed by atoms with E-state index in [-0.39, 0.29) is 12.5 Å². The van der Waals surface area contributed by atoms with Gasteiger partial charge in [-0.25, -0.2) is 0 Å². The first-order valence-electron chi connectivity index (χ1n) is 6.80. The molecular formula is C16H19NO3. The molecule has 1 aliphatic heterocycles. The Labute approximate surface area is 119 Å². The first-order valence-corrected chi connectivity index (χ1v) is 6.80. The molecule has 1 amide bonds. The first-order chi connectivity index (χ1) is 9.72. The van der Waals surface area contributed by atoms with Gasteiger partial charge in [0, 0.05) is 25.1 Å². The summed E-state index contributed by atoms with van der Waals surface area (Å²) in [4.78, 5) is 14.3. The minimum atomic E-state index is 0.00148. The van der Waals surface area contributed by atoms with Crippen LogP contribution in [0.25, 0.3) is 0 Å². The lowest BCUT2D eigenvalue weighted by molar-refractivity contribution is 0.0302. The number of carbonyl (C=O) groups is 1. The summed E-state index contributed by atoms with van der Waals surface area (Å²) < 4.78 is 5.26. The third kappa shape index (κ3) is 3.60. The number of hydrogen-bond acceptors (Lipinski definition) is 3. The average molecular weight is 273 g/mol. The van der Waals surface area contributed by atoms with Crippen LogP contribution in [-0.4, -0.2) is 48.8 Å². The molecule has 1 saturated heterocycles. The Morgan fingerprint density at radius 2 is 2.15 bits per heavy atom. The van der Waals surface area contributed by atoms with Gasteiger partial charge >= 0.3 is 0 Å². The van der Waals surface area contributed by atoms with Crippen LogP contribution in [0.5, 0.6) is 0 Å². The van der Waals surface area contributed by atoms with Crippen LogP contribution < -0.4 is 0 Å². The number of amides is 1. The number of benzene rings is 1. The van der Waals surface area contributed by atoms with Crippen LogP contribution in [0.2, 0.25) is 0 Å². The van der Waals surface area contributed by atoms with Crippen molar-refractivity contribution in [2.45, 2.75) is 13.3 Å². The van der Waals surface area contributed by atoms with E-state index in [1.807, 2.05) is 25.1 Å². The van der Waals surface area contributed by atoms with E-state index in [9.17, 15) is 4.79 Å². The van der Waals surface area contributed by atoms with E-state index in [2.05, 4.69) is 11.8 Å². The molecule has 0 atom stereocenters. The molecule has 0 aromatic heterocycles. The van der Waals surface area contributed by atoms with Crippen LogP contribution in [0.4, 0.5) is 0 Å². The summed E-state index contributed by atoms with van der Waals surface area (Å²) >= 11 is 0. The molecule has 1 aliphatic rings. The predicted octanol–water partition coefficient (Wildman–Crippen LogP) is 1.20. The number of hydrogen-bond donors (Lipinski definition) is 1. The van der Waals surface area contributed by atoms with E-state index in [4.69, 9.17) is 9.84 Å². The zero-order valence-electron chi connectivity index (χ0n) is 11.7. The van der Waals surface area contributed by atoms with E-state index in [1.165, 1.54) is 0 Å². The van der Waals surface area contributed by atoms with Crippen LogP contribution in [0.15, 0.2) is 18.2 Å². The number of aliphatic hydroxyl groups excluding tert-OH is 1. The fourth-order valence-corrected chi connectivity index (χ4v) is 2.10. The second-order valence-corrected chi connectivity index (χ2v) is 4.73. The molecule has 0 saturated carbocycles. The van der Waals surface area contributed by atoms with Crippen molar-refractivity contribution in [1.29, 1.82) is 0 Å². The van der Waals surface area contributed by atoms with Gasteiger partial charge in [-0.05, 0) is 24.6 Å². The fraction of sp³-hybridized carbons (Fsp3) is 0.438. The molecule has 2 rings (SSSR count). The van der Waals surface area contributed by atoms with Crippen molar-refractivity contribution in [3.8, 4) is 11.8 Å². The molecule has 0 aliphatic carbocycles. The molecule has 4 heteroatoms. The highest BCUT2D eigenvalue weighted by atomic mass is 16.5. The molecule has 0 unspecified atom stereocenters. The summed E-state index contributed by atoms with van der Waals surface area (Å²) in [5, 5.41) is 8.79. The maximum Gasteiger partial charge on any atom is 0.255 e. The van der Waals surface area contributed by atoms with Gasteiger partial charge in [-0.15, -0.1) is 0 Å². The highest BCUT2D eigenvalue weighted by molar-refractivity contribution is 5.97. The van der Waals surface area contributed by atoms with Gasteiger partial charge < -0.3 is 14.7 Å². The molecule has 1 heterocycles. The molecular weight excluding hydrogens is 254 g/mol. The monoisotopic (exact) mass is 273 g/mol. The zero-order chi connectivity index (χ0) is 14.4. The molecule has 0 bridgehead atoms. The van der Waals surface area contributed by atoms with E-state index < -0.39 is 0 Å². The SMILES string of the molecule is Cc1ccc(C(=O)N2CCOCC2)c(C#CCCO)c1. The zero-order valence-corrected chi connectivity index (χ0v) is 11.7. The molecule has 1 fully saturated rings. The average Bonchev–Trinajstić information content (AvgIpc) is 2.48. The minimum Gasteiger partial charge on any atom is -0.395 e. The van der Waals surface area contributed by atoms with Crippen LogP contribution >= 0.6 is 0 Å². The largest absolute Gasteiger partial charge is 0.395 e. The lowest BCUT2D eigenvalue weighted by Crippen LogP contribution is -2.41. The Balaban J connectivity index is 2.25. The number of nitrogens with zero attached hydrogens (tertiary/aromatic N) is 1. The fourth-order valence-electron chi connectivity index (χ4n) is 2.10. The van der Waals surface area contributed by atoms with Crippen LogP contribution in [-0.2, 0) is 4.74 Å². The molecule has 1 aromatic rings. The van der Waals surface area contributed by atoms with Crippen molar-refractivity contribution in [3.63, 3.8) is 0 Å². The highest BCUT2D eigenvalue weighted by Gasteiger charge is 2.20. The maximum atomic E-state index is 12.5. The van der Waals surface area contributed by atoms with Crippen LogP contribution in [0.1, 0.15) is 27.9 Å². The van der Waals surface area contributed by atoms with Crippen molar-refractivity contribution in [3.05, 3.63) is 34.9 Å². The first kappa shape index (κ1) is 14.6. The molecule has 4 nitrogen and oxygen atoms in total. The molecule has 1 N–H and O–H groups in total. The van der Waals surface area contributed by atoms with Crippen LogP contribution in [0, 0.1) is 18.8 Å². The topological polar surface area (TPSA) is 49.8 Å². The Morgan fingerprint density at radius 1 is 1.40 bits per heavy atom. The molecule has 1 aromatic carbocycles. The quantitative estimate of drug-likeness (QED) is 0.824. The maximum absolute atomic E-state index is 12.5. The molecule has 0 radical (unpaired) electrons. The van der Waals surface area contributed by atoms with Gasteiger partial charge in [0.05, 0.1) is 25.4 Å². The Morgan fingerprint density at radius 3 is 2.85 bits per heavy atom. The number of aryl methyl sites for hydroxylation is 1. The van der Waals surface area contributed by atoms with Gasteiger partial charge in [-0.3, -0.25) is 4.79 Å². The van der Waals surface area contributed by atoms with Crippen LogP contribution in [0.3, 0.4) is 0 Å². The Kier molecular flexibility index (Phi) is 5.16. The van der Waals surface area contributed by atoms with E-state index in [0.29, 0.717) is 38.3 Å². The van der Waals surface area contributed by atoms with Crippen molar-refractivity contribution >= 4 is 5.91 Å². The van der Waals surface area contributed by atoms with Gasteiger partial charge in [0.2, 0.25) is 0 Å². The Bertz CT molecular complexity index is 536. The minimum absolute atomic E-state index is 0.00148. The number of aliphatic hydroxyl groups is 1. The second-order valence-electron chi connectivity index (χ2n) is 4.73. The predicted molar refractivity (Wildman–Crippen MR) is 76.5 cm³/mol. The van der Waals surface area contributed by atoms with E-state index in [0.717, 1.165) is 11.1 Å². The third-order valence-corrected chi connectivity index (χ3v) is 3.16.